The minimum atomic E-state index is -3.60. The number of benzene rings is 2. The van der Waals surface area contributed by atoms with Crippen LogP contribution in [0.2, 0.25) is 5.02 Å². The molecule has 0 fully saturated rings. The second-order valence-electron chi connectivity index (χ2n) is 6.13. The van der Waals surface area contributed by atoms with E-state index in [9.17, 15) is 17.6 Å². The Balaban J connectivity index is 2.01. The van der Waals surface area contributed by atoms with Gasteiger partial charge in [0.1, 0.15) is 11.6 Å². The fourth-order valence-corrected chi connectivity index (χ4v) is 3.57. The highest BCUT2D eigenvalue weighted by atomic mass is 35.5. The largest absolute Gasteiger partial charge is 0.481 e. The molecule has 0 aliphatic rings. The lowest BCUT2D eigenvalue weighted by Gasteiger charge is -2.15. The summed E-state index contributed by atoms with van der Waals surface area (Å²) >= 11 is 5.68. The SMILES string of the molecule is CC(C)NS(=O)(=O)c1ccc(NC(=O)[C@@H](C)Oc2ccc(F)c(Cl)c2)cc1. The molecule has 2 aromatic carbocycles. The van der Waals surface area contributed by atoms with E-state index in [-0.39, 0.29) is 21.7 Å². The number of rotatable bonds is 7. The maximum Gasteiger partial charge on any atom is 0.265 e. The van der Waals surface area contributed by atoms with Crippen LogP contribution in [0, 0.1) is 5.82 Å². The van der Waals surface area contributed by atoms with Crippen LogP contribution in [0.15, 0.2) is 47.4 Å². The first kappa shape index (κ1) is 21.1. The minimum Gasteiger partial charge on any atom is -0.481 e. The van der Waals surface area contributed by atoms with Gasteiger partial charge in [-0.1, -0.05) is 11.6 Å². The summed E-state index contributed by atoms with van der Waals surface area (Å²) in [5, 5.41) is 2.52. The number of hydrogen-bond acceptors (Lipinski definition) is 4. The Morgan fingerprint density at radius 1 is 1.11 bits per heavy atom. The van der Waals surface area contributed by atoms with E-state index in [0.29, 0.717) is 5.69 Å². The van der Waals surface area contributed by atoms with Crippen molar-refractivity contribution in [3.63, 3.8) is 0 Å². The molecule has 0 aliphatic heterocycles. The fourth-order valence-electron chi connectivity index (χ4n) is 2.15. The molecule has 0 saturated heterocycles. The molecule has 0 bridgehead atoms. The van der Waals surface area contributed by atoms with Gasteiger partial charge < -0.3 is 10.1 Å². The third kappa shape index (κ3) is 5.92. The van der Waals surface area contributed by atoms with Gasteiger partial charge in [-0.25, -0.2) is 17.5 Å². The zero-order valence-electron chi connectivity index (χ0n) is 15.0. The first-order chi connectivity index (χ1) is 12.6. The van der Waals surface area contributed by atoms with Gasteiger partial charge in [0, 0.05) is 17.8 Å². The average Bonchev–Trinajstić information content (AvgIpc) is 2.57. The Bertz CT molecular complexity index is 917. The van der Waals surface area contributed by atoms with Gasteiger partial charge in [0.2, 0.25) is 10.0 Å². The van der Waals surface area contributed by atoms with Crippen molar-refractivity contribution in [3.05, 3.63) is 53.3 Å². The van der Waals surface area contributed by atoms with Gasteiger partial charge in [-0.3, -0.25) is 4.79 Å². The van der Waals surface area contributed by atoms with Crippen molar-refractivity contribution < 1.29 is 22.3 Å². The number of anilines is 1. The molecule has 0 aromatic heterocycles. The second kappa shape index (κ2) is 8.69. The lowest BCUT2D eigenvalue weighted by atomic mass is 10.3. The molecule has 1 amide bonds. The van der Waals surface area contributed by atoms with E-state index < -0.39 is 27.9 Å². The first-order valence-corrected chi connectivity index (χ1v) is 9.99. The normalized spacial score (nSPS) is 12.7. The molecule has 0 radical (unpaired) electrons. The second-order valence-corrected chi connectivity index (χ2v) is 8.25. The summed E-state index contributed by atoms with van der Waals surface area (Å²) in [7, 11) is -3.60. The van der Waals surface area contributed by atoms with Crippen molar-refractivity contribution in [1.29, 1.82) is 0 Å². The lowest BCUT2D eigenvalue weighted by molar-refractivity contribution is -0.122. The molecular formula is C18H20ClFN2O4S. The molecule has 0 spiro atoms. The molecule has 2 N–H and O–H groups in total. The van der Waals surface area contributed by atoms with Crippen molar-refractivity contribution in [2.75, 3.05) is 5.32 Å². The van der Waals surface area contributed by atoms with Crippen LogP contribution in [-0.2, 0) is 14.8 Å². The predicted molar refractivity (Wildman–Crippen MR) is 102 cm³/mol. The zero-order chi connectivity index (χ0) is 20.2. The van der Waals surface area contributed by atoms with Crippen molar-refractivity contribution in [1.82, 2.24) is 4.72 Å². The summed E-state index contributed by atoms with van der Waals surface area (Å²) in [5.41, 5.74) is 0.413. The maximum atomic E-state index is 13.2. The highest BCUT2D eigenvalue weighted by Gasteiger charge is 2.18. The summed E-state index contributed by atoms with van der Waals surface area (Å²) in [6.45, 7) is 4.97. The molecule has 0 aliphatic carbocycles. The monoisotopic (exact) mass is 414 g/mol. The topological polar surface area (TPSA) is 84.5 Å². The molecule has 146 valence electrons. The van der Waals surface area contributed by atoms with Crippen molar-refractivity contribution in [2.45, 2.75) is 37.8 Å². The van der Waals surface area contributed by atoms with Gasteiger partial charge in [-0.05, 0) is 57.2 Å². The number of amides is 1. The van der Waals surface area contributed by atoms with Crippen LogP contribution in [0.5, 0.6) is 5.75 Å². The number of halogens is 2. The molecule has 9 heteroatoms. The van der Waals surface area contributed by atoms with Crippen LogP contribution < -0.4 is 14.8 Å². The quantitative estimate of drug-likeness (QED) is 0.725. The van der Waals surface area contributed by atoms with E-state index in [1.54, 1.807) is 13.8 Å². The number of hydrogen-bond donors (Lipinski definition) is 2. The third-order valence-corrected chi connectivity index (χ3v) is 5.36. The highest BCUT2D eigenvalue weighted by Crippen LogP contribution is 2.22. The molecule has 0 unspecified atom stereocenters. The van der Waals surface area contributed by atoms with Crippen molar-refractivity contribution in [2.24, 2.45) is 0 Å². The van der Waals surface area contributed by atoms with Gasteiger partial charge in [0.25, 0.3) is 5.91 Å². The van der Waals surface area contributed by atoms with Gasteiger partial charge in [-0.15, -0.1) is 0 Å². The Labute approximate surface area is 162 Å². The summed E-state index contributed by atoms with van der Waals surface area (Å²) in [6, 6.07) is 9.31. The predicted octanol–water partition coefficient (Wildman–Crippen LogP) is 3.57. The highest BCUT2D eigenvalue weighted by molar-refractivity contribution is 7.89. The van der Waals surface area contributed by atoms with Crippen molar-refractivity contribution in [3.8, 4) is 5.75 Å². The smallest absolute Gasteiger partial charge is 0.265 e. The molecular weight excluding hydrogens is 395 g/mol. The average molecular weight is 415 g/mol. The lowest BCUT2D eigenvalue weighted by Crippen LogP contribution is -2.31. The molecule has 1 atom stereocenters. The van der Waals surface area contributed by atoms with E-state index in [2.05, 4.69) is 10.0 Å². The van der Waals surface area contributed by atoms with Gasteiger partial charge >= 0.3 is 0 Å². The Hall–Kier alpha value is -2.16. The van der Waals surface area contributed by atoms with Crippen LogP contribution in [0.1, 0.15) is 20.8 Å². The fraction of sp³-hybridized carbons (Fsp3) is 0.278. The van der Waals surface area contributed by atoms with E-state index in [4.69, 9.17) is 16.3 Å². The molecule has 27 heavy (non-hydrogen) atoms. The molecule has 6 nitrogen and oxygen atoms in total. The molecule has 2 aromatic rings. The summed E-state index contributed by atoms with van der Waals surface area (Å²) in [5.74, 6) is -0.778. The molecule has 0 heterocycles. The standard InChI is InChI=1S/C18H20ClFN2O4S/c1-11(2)22-27(24,25)15-7-4-13(5-8-15)21-18(23)12(3)26-14-6-9-17(20)16(19)10-14/h4-12,22H,1-3H3,(H,21,23)/t12-/m1/s1. The van der Waals surface area contributed by atoms with E-state index in [1.165, 1.54) is 43.3 Å². The van der Waals surface area contributed by atoms with Gasteiger partial charge in [-0.2, -0.15) is 0 Å². The van der Waals surface area contributed by atoms with Crippen LogP contribution in [0.25, 0.3) is 0 Å². The Morgan fingerprint density at radius 2 is 1.74 bits per heavy atom. The summed E-state index contributed by atoms with van der Waals surface area (Å²) < 4.78 is 45.2. The molecule has 2 rings (SSSR count). The van der Waals surface area contributed by atoms with Crippen LogP contribution in [0.3, 0.4) is 0 Å². The molecule has 0 saturated carbocycles. The number of ether oxygens (including phenoxy) is 1. The Morgan fingerprint density at radius 3 is 2.30 bits per heavy atom. The van der Waals surface area contributed by atoms with Crippen LogP contribution in [0.4, 0.5) is 10.1 Å². The van der Waals surface area contributed by atoms with Crippen LogP contribution >= 0.6 is 11.6 Å². The Kier molecular flexibility index (Phi) is 6.80. The zero-order valence-corrected chi connectivity index (χ0v) is 16.6. The number of carbonyl (C=O) groups is 1. The van der Waals surface area contributed by atoms with Gasteiger partial charge in [0.15, 0.2) is 6.10 Å². The number of nitrogens with one attached hydrogen (secondary N) is 2. The minimum absolute atomic E-state index is 0.0967. The number of carbonyl (C=O) groups excluding carboxylic acids is 1. The van der Waals surface area contributed by atoms with Gasteiger partial charge in [0.05, 0.1) is 9.92 Å². The summed E-state index contributed by atoms with van der Waals surface area (Å²) in [6.07, 6.45) is -0.877. The first-order valence-electron chi connectivity index (χ1n) is 8.13. The maximum absolute atomic E-state index is 13.2. The van der Waals surface area contributed by atoms with Crippen LogP contribution in [-0.4, -0.2) is 26.5 Å². The van der Waals surface area contributed by atoms with E-state index in [0.717, 1.165) is 6.07 Å². The van der Waals surface area contributed by atoms with Crippen molar-refractivity contribution >= 4 is 33.2 Å². The van der Waals surface area contributed by atoms with E-state index in [1.807, 2.05) is 0 Å². The van der Waals surface area contributed by atoms with E-state index >= 15 is 0 Å². The summed E-state index contributed by atoms with van der Waals surface area (Å²) in [4.78, 5) is 12.3. The third-order valence-electron chi connectivity index (χ3n) is 3.40. The number of sulfonamides is 1.